The van der Waals surface area contributed by atoms with Crippen LogP contribution < -0.4 is 0 Å². The van der Waals surface area contributed by atoms with Gasteiger partial charge in [-0.05, 0) is 56.6 Å². The Labute approximate surface area is 116 Å². The summed E-state index contributed by atoms with van der Waals surface area (Å²) in [6.07, 6.45) is 3.63. The first-order valence-electron chi connectivity index (χ1n) is 7.29. The second-order valence-electron chi connectivity index (χ2n) is 6.21. The Hall–Kier alpha value is -0.860. The second kappa shape index (κ2) is 5.64. The van der Waals surface area contributed by atoms with Crippen molar-refractivity contribution < 1.29 is 9.84 Å². The summed E-state index contributed by atoms with van der Waals surface area (Å²) in [6, 6.07) is 6.25. The van der Waals surface area contributed by atoms with Gasteiger partial charge in [0.25, 0.3) is 0 Å². The Bertz CT molecular complexity index is 431. The van der Waals surface area contributed by atoms with Gasteiger partial charge >= 0.3 is 0 Å². The number of aryl methyl sites for hydroxylation is 2. The average molecular weight is 262 g/mol. The van der Waals surface area contributed by atoms with Gasteiger partial charge in [0.15, 0.2) is 0 Å². The van der Waals surface area contributed by atoms with Crippen LogP contribution in [-0.4, -0.2) is 17.8 Å². The molecule has 106 valence electrons. The Balaban J connectivity index is 2.27. The van der Waals surface area contributed by atoms with Crippen LogP contribution in [0.3, 0.4) is 0 Å². The van der Waals surface area contributed by atoms with Crippen molar-refractivity contribution in [2.24, 2.45) is 5.92 Å². The minimum Gasteiger partial charge on any atom is -0.385 e. The lowest BCUT2D eigenvalue weighted by Crippen LogP contribution is -2.42. The average Bonchev–Trinajstić information content (AvgIpc) is 2.39. The minimum atomic E-state index is -0.523. The fourth-order valence-electron chi connectivity index (χ4n) is 3.26. The Kier molecular flexibility index (Phi) is 4.32. The molecule has 1 fully saturated rings. The maximum atomic E-state index is 10.8. The Morgan fingerprint density at radius 3 is 2.42 bits per heavy atom. The molecule has 0 bridgehead atoms. The lowest BCUT2D eigenvalue weighted by atomic mass is 9.74. The normalized spacial score (nSPS) is 29.2. The molecule has 0 radical (unpaired) electrons. The van der Waals surface area contributed by atoms with Gasteiger partial charge in [-0.25, -0.2) is 0 Å². The van der Waals surface area contributed by atoms with E-state index in [1.165, 1.54) is 5.56 Å². The topological polar surface area (TPSA) is 29.5 Å². The summed E-state index contributed by atoms with van der Waals surface area (Å²) in [5.41, 5.74) is 3.01. The van der Waals surface area contributed by atoms with Crippen molar-refractivity contribution >= 4 is 0 Å². The third-order valence-electron chi connectivity index (χ3n) is 4.75. The van der Waals surface area contributed by atoms with Gasteiger partial charge < -0.3 is 9.84 Å². The predicted molar refractivity (Wildman–Crippen MR) is 78.2 cm³/mol. The summed E-state index contributed by atoms with van der Waals surface area (Å²) >= 11 is 0. The van der Waals surface area contributed by atoms with Gasteiger partial charge in [0.2, 0.25) is 0 Å². The van der Waals surface area contributed by atoms with Crippen molar-refractivity contribution in [3.05, 3.63) is 34.9 Å². The number of aliphatic hydroxyl groups is 1. The van der Waals surface area contributed by atoms with E-state index in [0.717, 1.165) is 42.7 Å². The second-order valence-corrected chi connectivity index (χ2v) is 6.21. The van der Waals surface area contributed by atoms with E-state index < -0.39 is 11.7 Å². The third kappa shape index (κ3) is 2.85. The molecule has 0 saturated heterocycles. The molecule has 1 N–H and O–H groups in total. The molecule has 0 spiro atoms. The molecule has 1 aliphatic rings. The minimum absolute atomic E-state index is 0.396. The van der Waals surface area contributed by atoms with E-state index in [1.807, 2.05) is 6.07 Å². The van der Waals surface area contributed by atoms with Crippen molar-refractivity contribution in [2.75, 3.05) is 7.11 Å². The molecule has 1 aromatic carbocycles. The van der Waals surface area contributed by atoms with E-state index in [-0.39, 0.29) is 0 Å². The first-order chi connectivity index (χ1) is 8.98. The van der Waals surface area contributed by atoms with Crippen LogP contribution in [0, 0.1) is 19.8 Å². The van der Waals surface area contributed by atoms with Crippen molar-refractivity contribution in [1.29, 1.82) is 0 Å². The van der Waals surface area contributed by atoms with Crippen LogP contribution in [0.2, 0.25) is 0 Å². The van der Waals surface area contributed by atoms with Crippen molar-refractivity contribution in [2.45, 2.75) is 58.2 Å². The number of ether oxygens (including phenoxy) is 1. The largest absolute Gasteiger partial charge is 0.385 e. The predicted octanol–water partition coefficient (Wildman–Crippen LogP) is 3.93. The van der Waals surface area contributed by atoms with Crippen LogP contribution in [0.15, 0.2) is 18.2 Å². The highest BCUT2D eigenvalue weighted by Gasteiger charge is 2.41. The van der Waals surface area contributed by atoms with Crippen LogP contribution in [0.4, 0.5) is 0 Å². The van der Waals surface area contributed by atoms with Gasteiger partial charge in [-0.2, -0.15) is 0 Å². The maximum absolute atomic E-state index is 10.8. The highest BCUT2D eigenvalue weighted by molar-refractivity contribution is 5.33. The van der Waals surface area contributed by atoms with E-state index in [2.05, 4.69) is 32.9 Å². The molecule has 0 aromatic heterocycles. The van der Waals surface area contributed by atoms with Gasteiger partial charge in [0.05, 0.1) is 5.60 Å². The molecule has 2 nitrogen and oxygen atoms in total. The molecule has 0 amide bonds. The summed E-state index contributed by atoms with van der Waals surface area (Å²) < 4.78 is 5.78. The molecule has 1 unspecified atom stereocenters. The van der Waals surface area contributed by atoms with E-state index in [9.17, 15) is 5.11 Å². The monoisotopic (exact) mass is 262 g/mol. The summed E-state index contributed by atoms with van der Waals surface area (Å²) in [5, 5.41) is 10.8. The summed E-state index contributed by atoms with van der Waals surface area (Å²) in [5.74, 6) is 0.745. The van der Waals surface area contributed by atoms with Gasteiger partial charge in [-0.15, -0.1) is 0 Å². The summed E-state index contributed by atoms with van der Waals surface area (Å²) in [6.45, 7) is 6.43. The fraction of sp³-hybridized carbons (Fsp3) is 0.647. The highest BCUT2D eigenvalue weighted by Crippen LogP contribution is 2.43. The van der Waals surface area contributed by atoms with Crippen LogP contribution in [-0.2, 0) is 4.74 Å². The quantitative estimate of drug-likeness (QED) is 0.894. The zero-order chi connectivity index (χ0) is 14.0. The van der Waals surface area contributed by atoms with E-state index in [1.54, 1.807) is 7.11 Å². The van der Waals surface area contributed by atoms with Crippen molar-refractivity contribution in [3.8, 4) is 0 Å². The fourth-order valence-corrected chi connectivity index (χ4v) is 3.26. The zero-order valence-electron chi connectivity index (χ0n) is 12.6. The molecule has 1 atom stereocenters. The van der Waals surface area contributed by atoms with E-state index in [4.69, 9.17) is 4.74 Å². The Morgan fingerprint density at radius 2 is 1.89 bits per heavy atom. The molecule has 0 aliphatic heterocycles. The van der Waals surface area contributed by atoms with E-state index >= 15 is 0 Å². The number of rotatable bonds is 3. The number of hydrogen-bond donors (Lipinski definition) is 1. The Morgan fingerprint density at radius 1 is 1.26 bits per heavy atom. The van der Waals surface area contributed by atoms with Crippen LogP contribution >= 0.6 is 0 Å². The molecule has 2 heteroatoms. The number of aliphatic hydroxyl groups excluding tert-OH is 1. The third-order valence-corrected chi connectivity index (χ3v) is 4.75. The molecule has 1 saturated carbocycles. The van der Waals surface area contributed by atoms with Crippen molar-refractivity contribution in [1.82, 2.24) is 0 Å². The van der Waals surface area contributed by atoms with Crippen molar-refractivity contribution in [3.63, 3.8) is 0 Å². The molecule has 0 heterocycles. The van der Waals surface area contributed by atoms with Gasteiger partial charge in [0, 0.05) is 7.11 Å². The molecular weight excluding hydrogens is 236 g/mol. The molecular formula is C17H26O2. The standard InChI is InChI=1S/C17H26O2/c1-12-7-9-17(19-4,10-8-12)16(18)15-6-5-13(2)11-14(15)3/h5-6,11-12,16,18H,7-10H2,1-4H3. The molecule has 2 rings (SSSR count). The van der Waals surface area contributed by atoms with Gasteiger partial charge in [0.1, 0.15) is 6.10 Å². The van der Waals surface area contributed by atoms with Gasteiger partial charge in [-0.1, -0.05) is 30.7 Å². The lowest BCUT2D eigenvalue weighted by Gasteiger charge is -2.42. The van der Waals surface area contributed by atoms with E-state index in [0.29, 0.717) is 0 Å². The highest BCUT2D eigenvalue weighted by atomic mass is 16.5. The first-order valence-corrected chi connectivity index (χ1v) is 7.29. The number of methoxy groups -OCH3 is 1. The maximum Gasteiger partial charge on any atom is 0.108 e. The molecule has 1 aliphatic carbocycles. The summed E-state index contributed by atoms with van der Waals surface area (Å²) in [4.78, 5) is 0. The first kappa shape index (κ1) is 14.5. The smallest absolute Gasteiger partial charge is 0.108 e. The SMILES string of the molecule is COC1(C(O)c2ccc(C)cc2C)CCC(C)CC1. The van der Waals surface area contributed by atoms with Crippen LogP contribution in [0.1, 0.15) is 55.4 Å². The van der Waals surface area contributed by atoms with Gasteiger partial charge in [-0.3, -0.25) is 0 Å². The number of benzene rings is 1. The molecule has 19 heavy (non-hydrogen) atoms. The lowest BCUT2D eigenvalue weighted by molar-refractivity contribution is -0.130. The summed E-state index contributed by atoms with van der Waals surface area (Å²) in [7, 11) is 1.74. The molecule has 1 aromatic rings. The van der Waals surface area contributed by atoms with Crippen LogP contribution in [0.25, 0.3) is 0 Å². The van der Waals surface area contributed by atoms with Crippen LogP contribution in [0.5, 0.6) is 0 Å². The zero-order valence-corrected chi connectivity index (χ0v) is 12.6. The number of hydrogen-bond acceptors (Lipinski definition) is 2.